The second-order valence-electron chi connectivity index (χ2n) is 9.21. The topological polar surface area (TPSA) is 124 Å². The number of aryl methyl sites for hydroxylation is 3. The van der Waals surface area contributed by atoms with Crippen LogP contribution in [0.1, 0.15) is 61.3 Å². The molecular formula is C23H35N3O5S2. The highest BCUT2D eigenvalue weighted by Crippen LogP contribution is 2.44. The molecule has 184 valence electrons. The summed E-state index contributed by atoms with van der Waals surface area (Å²) in [5.41, 5.74) is 3.84. The van der Waals surface area contributed by atoms with Gasteiger partial charge in [-0.25, -0.2) is 22.7 Å². The number of aromatic nitrogens is 1. The van der Waals surface area contributed by atoms with Crippen molar-refractivity contribution in [2.24, 2.45) is 5.92 Å². The molecule has 0 bridgehead atoms. The summed E-state index contributed by atoms with van der Waals surface area (Å²) >= 11 is 0. The molecular weight excluding hydrogens is 462 g/mol. The predicted molar refractivity (Wildman–Crippen MR) is 129 cm³/mol. The van der Waals surface area contributed by atoms with Crippen molar-refractivity contribution in [1.82, 2.24) is 0 Å². The van der Waals surface area contributed by atoms with Gasteiger partial charge in [0.25, 0.3) is 0 Å². The number of pyridine rings is 1. The van der Waals surface area contributed by atoms with Crippen LogP contribution >= 0.6 is 0 Å². The van der Waals surface area contributed by atoms with Gasteiger partial charge >= 0.3 is 0 Å². The average Bonchev–Trinajstić information content (AvgIpc) is 3.44. The summed E-state index contributed by atoms with van der Waals surface area (Å²) in [6.45, 7) is 9.81. The molecule has 0 radical (unpaired) electrons. The molecule has 33 heavy (non-hydrogen) atoms. The fourth-order valence-electron chi connectivity index (χ4n) is 3.86. The van der Waals surface area contributed by atoms with E-state index < -0.39 is 20.1 Å². The molecule has 0 saturated heterocycles. The third-order valence-corrected chi connectivity index (χ3v) is 7.77. The van der Waals surface area contributed by atoms with Crippen molar-refractivity contribution in [2.75, 3.05) is 22.9 Å². The first-order chi connectivity index (χ1) is 15.1. The lowest BCUT2D eigenvalue weighted by Gasteiger charge is -2.24. The minimum Gasteiger partial charge on any atom is -0.744 e. The number of hydrogen-bond acceptors (Lipinski definition) is 6. The fourth-order valence-corrected chi connectivity index (χ4v) is 5.71. The second-order valence-corrected chi connectivity index (χ2v) is 12.4. The maximum absolute atomic E-state index is 12.1. The van der Waals surface area contributed by atoms with Crippen molar-refractivity contribution < 1.29 is 26.1 Å². The highest BCUT2D eigenvalue weighted by Gasteiger charge is 2.32. The van der Waals surface area contributed by atoms with E-state index in [-0.39, 0.29) is 4.90 Å². The van der Waals surface area contributed by atoms with Gasteiger partial charge in [0.2, 0.25) is 16.2 Å². The zero-order valence-corrected chi connectivity index (χ0v) is 21.8. The molecule has 0 unspecified atom stereocenters. The largest absolute Gasteiger partial charge is 0.744 e. The molecule has 1 saturated carbocycles. The lowest BCUT2D eigenvalue weighted by atomic mass is 10.1. The Balaban J connectivity index is 0.000000257. The summed E-state index contributed by atoms with van der Waals surface area (Å²) in [4.78, 5) is -0.0851. The van der Waals surface area contributed by atoms with Crippen molar-refractivity contribution in [3.63, 3.8) is 0 Å². The molecule has 1 heterocycles. The fraction of sp³-hybridized carbons (Fsp3) is 0.522. The first-order valence-electron chi connectivity index (χ1n) is 10.9. The number of nitrogen functional groups attached to an aromatic ring is 1. The molecule has 10 heteroatoms. The Morgan fingerprint density at radius 1 is 1.12 bits per heavy atom. The van der Waals surface area contributed by atoms with Gasteiger partial charge in [-0.1, -0.05) is 36.2 Å². The van der Waals surface area contributed by atoms with Gasteiger partial charge in [0, 0.05) is 12.6 Å². The van der Waals surface area contributed by atoms with Gasteiger partial charge in [-0.15, -0.1) is 0 Å². The Kier molecular flexibility index (Phi) is 8.53. The molecule has 0 aliphatic heterocycles. The normalized spacial score (nSPS) is 14.1. The van der Waals surface area contributed by atoms with Gasteiger partial charge in [-0.05, 0) is 68.6 Å². The summed E-state index contributed by atoms with van der Waals surface area (Å²) in [5.74, 6) is 6.72. The molecule has 1 fully saturated rings. The van der Waals surface area contributed by atoms with E-state index in [1.807, 2.05) is 13.0 Å². The number of nitrogens with two attached hydrogens (primary N) is 1. The zero-order valence-electron chi connectivity index (χ0n) is 20.2. The number of hydrogen-bond donors (Lipinski definition) is 1. The Morgan fingerprint density at radius 2 is 1.67 bits per heavy atom. The van der Waals surface area contributed by atoms with Crippen LogP contribution in [0.3, 0.4) is 0 Å². The Labute approximate surface area is 198 Å². The monoisotopic (exact) mass is 497 g/mol. The first kappa shape index (κ1) is 27.1. The van der Waals surface area contributed by atoms with Gasteiger partial charge in [0.15, 0.2) is 6.20 Å². The third kappa shape index (κ3) is 7.68. The lowest BCUT2D eigenvalue weighted by molar-refractivity contribution is -0.638. The van der Waals surface area contributed by atoms with Crippen molar-refractivity contribution in [3.8, 4) is 0 Å². The number of benzene rings is 1. The van der Waals surface area contributed by atoms with E-state index in [1.54, 1.807) is 38.4 Å². The summed E-state index contributed by atoms with van der Waals surface area (Å²) in [7, 11) is -7.63. The van der Waals surface area contributed by atoms with Gasteiger partial charge in [-0.2, -0.15) is 0 Å². The number of rotatable bonds is 7. The van der Waals surface area contributed by atoms with E-state index in [4.69, 9.17) is 5.84 Å². The van der Waals surface area contributed by atoms with Gasteiger partial charge in [0.1, 0.15) is 15.8 Å². The summed E-state index contributed by atoms with van der Waals surface area (Å²) in [6.07, 6.45) is 7.84. The van der Waals surface area contributed by atoms with E-state index in [1.165, 1.54) is 15.2 Å². The van der Waals surface area contributed by atoms with E-state index in [0.717, 1.165) is 36.1 Å². The third-order valence-electron chi connectivity index (χ3n) is 5.44. The van der Waals surface area contributed by atoms with Crippen LogP contribution in [0, 0.1) is 26.7 Å². The summed E-state index contributed by atoms with van der Waals surface area (Å²) in [6, 6.07) is 5.33. The maximum atomic E-state index is 12.1. The molecule has 8 nitrogen and oxygen atoms in total. The van der Waals surface area contributed by atoms with E-state index in [9.17, 15) is 21.4 Å². The highest BCUT2D eigenvalue weighted by molar-refractivity contribution is 7.92. The van der Waals surface area contributed by atoms with E-state index in [0.29, 0.717) is 29.5 Å². The average molecular weight is 498 g/mol. The molecule has 0 spiro atoms. The zero-order chi connectivity index (χ0) is 25.1. The molecule has 2 aromatic rings. The number of anilines is 1. The highest BCUT2D eigenvalue weighted by atomic mass is 32.2. The lowest BCUT2D eigenvalue weighted by Crippen LogP contribution is -2.45. The van der Waals surface area contributed by atoms with Crippen LogP contribution in [0.15, 0.2) is 35.5 Å². The van der Waals surface area contributed by atoms with Crippen LogP contribution in [0.5, 0.6) is 0 Å². The molecule has 3 rings (SSSR count). The predicted octanol–water partition coefficient (Wildman–Crippen LogP) is 2.89. The molecule has 0 amide bonds. The minimum absolute atomic E-state index is 0.0851. The molecule has 2 N–H and O–H groups in total. The first-order valence-corrected chi connectivity index (χ1v) is 14.2. The van der Waals surface area contributed by atoms with Crippen LogP contribution in [0.2, 0.25) is 0 Å². The van der Waals surface area contributed by atoms with Crippen molar-refractivity contribution in [1.29, 1.82) is 0 Å². The van der Waals surface area contributed by atoms with Crippen LogP contribution in [-0.4, -0.2) is 34.2 Å². The quantitative estimate of drug-likeness (QED) is 0.356. The molecule has 1 aliphatic carbocycles. The van der Waals surface area contributed by atoms with E-state index >= 15 is 0 Å². The van der Waals surface area contributed by atoms with Crippen LogP contribution in [-0.2, 0) is 20.1 Å². The van der Waals surface area contributed by atoms with Gasteiger partial charge in [0.05, 0.1) is 11.2 Å². The minimum atomic E-state index is -4.33. The Hall–Kier alpha value is -2.17. The SMILES string of the molecule is CC(C)CCN(c1c[n+](N)ccc1C1CC1)S(C)(=O)=O.Cc1cc(C)c(S(=O)(=O)[O-])c(C)c1. The summed E-state index contributed by atoms with van der Waals surface area (Å²) < 4.78 is 59.7. The maximum Gasteiger partial charge on any atom is 0.232 e. The summed E-state index contributed by atoms with van der Waals surface area (Å²) in [5, 5.41) is 0. The van der Waals surface area contributed by atoms with Gasteiger partial charge in [-0.3, -0.25) is 4.31 Å². The number of nitrogens with zero attached hydrogens (tertiary/aromatic N) is 2. The molecule has 1 aliphatic rings. The van der Waals surface area contributed by atoms with Crippen molar-refractivity contribution in [3.05, 3.63) is 52.8 Å². The number of sulfonamides is 1. The van der Waals surface area contributed by atoms with Crippen molar-refractivity contribution >= 4 is 25.8 Å². The smallest absolute Gasteiger partial charge is 0.232 e. The van der Waals surface area contributed by atoms with Crippen LogP contribution in [0.25, 0.3) is 0 Å². The van der Waals surface area contributed by atoms with Crippen molar-refractivity contribution in [2.45, 2.75) is 64.7 Å². The Bertz CT molecular complexity index is 1180. The van der Waals surface area contributed by atoms with Crippen LogP contribution < -0.4 is 14.8 Å². The van der Waals surface area contributed by atoms with E-state index in [2.05, 4.69) is 13.8 Å². The molecule has 1 aromatic heterocycles. The van der Waals surface area contributed by atoms with Crippen LogP contribution in [0.4, 0.5) is 5.69 Å². The standard InChI is InChI=1S/C14H24N3O2S.C9H12O3S/c1-11(2)6-9-17(20(3,18)19)14-10-16(15)8-7-13(14)12-4-5-12;1-6-4-7(2)9(8(3)5-6)13(10,11)12/h7-8,10-12H,4-6,9,15H2,1-3H3;4-5H,1-3H3,(H,10,11,12)/q+1;/p-1. The molecule has 1 aromatic carbocycles. The Morgan fingerprint density at radius 3 is 2.09 bits per heavy atom. The second kappa shape index (κ2) is 10.4. The van der Waals surface area contributed by atoms with Gasteiger partial charge < -0.3 is 4.55 Å². The molecule has 0 atom stereocenters.